The van der Waals surface area contributed by atoms with Crippen LogP contribution in [0, 0.1) is 11.8 Å². The van der Waals surface area contributed by atoms with Crippen LogP contribution in [0.2, 0.25) is 0 Å². The average Bonchev–Trinajstić information content (AvgIpc) is 2.95. The lowest BCUT2D eigenvalue weighted by Gasteiger charge is -2.25. The molecule has 2 aromatic rings. The summed E-state index contributed by atoms with van der Waals surface area (Å²) in [7, 11) is 0. The first-order valence-electron chi connectivity index (χ1n) is 13.4. The Morgan fingerprint density at radius 3 is 2.11 bits per heavy atom. The molecule has 35 heavy (non-hydrogen) atoms. The lowest BCUT2D eigenvalue weighted by Crippen LogP contribution is -2.07. The topological polar surface area (TPSA) is 0 Å². The number of rotatable bonds is 8. The van der Waals surface area contributed by atoms with Crippen LogP contribution >= 0.6 is 0 Å². The Hall–Kier alpha value is -3.04. The van der Waals surface area contributed by atoms with E-state index in [-0.39, 0.29) is 0 Å². The van der Waals surface area contributed by atoms with Crippen molar-refractivity contribution in [1.29, 1.82) is 0 Å². The molecule has 0 amide bonds. The second-order valence-electron chi connectivity index (χ2n) is 7.81. The third-order valence-electron chi connectivity index (χ3n) is 5.61. The van der Waals surface area contributed by atoms with E-state index in [0.717, 1.165) is 37.7 Å². The summed E-state index contributed by atoms with van der Waals surface area (Å²) in [6, 6.07) is 19.6. The van der Waals surface area contributed by atoms with Crippen LogP contribution in [-0.2, 0) is 6.42 Å². The average molecular weight is 469 g/mol. The third-order valence-corrected chi connectivity index (χ3v) is 5.61. The molecule has 1 atom stereocenters. The fourth-order valence-corrected chi connectivity index (χ4v) is 3.94. The summed E-state index contributed by atoms with van der Waals surface area (Å²) in [6.07, 6.45) is 14.4. The Bertz CT molecular complexity index is 913. The molecule has 1 unspecified atom stereocenters. The van der Waals surface area contributed by atoms with Gasteiger partial charge in [-0.2, -0.15) is 0 Å². The molecular formula is C35H48. The van der Waals surface area contributed by atoms with Gasteiger partial charge in [0.05, 0.1) is 0 Å². The van der Waals surface area contributed by atoms with Crippen molar-refractivity contribution in [1.82, 2.24) is 0 Å². The van der Waals surface area contributed by atoms with Crippen LogP contribution < -0.4 is 0 Å². The van der Waals surface area contributed by atoms with Crippen molar-refractivity contribution in [3.63, 3.8) is 0 Å². The zero-order valence-electron chi connectivity index (χ0n) is 23.1. The lowest BCUT2D eigenvalue weighted by atomic mass is 9.80. The number of allylic oxidation sites excluding steroid dienone is 5. The van der Waals surface area contributed by atoms with E-state index < -0.39 is 0 Å². The molecule has 0 saturated carbocycles. The summed E-state index contributed by atoms with van der Waals surface area (Å²) >= 11 is 0. The van der Waals surface area contributed by atoms with Crippen molar-refractivity contribution in [2.75, 3.05) is 0 Å². The predicted octanol–water partition coefficient (Wildman–Crippen LogP) is 10.6. The third kappa shape index (κ3) is 12.3. The molecule has 0 heterocycles. The van der Waals surface area contributed by atoms with Crippen LogP contribution in [0.3, 0.4) is 0 Å². The van der Waals surface area contributed by atoms with Crippen LogP contribution in [-0.4, -0.2) is 0 Å². The molecule has 2 aromatic carbocycles. The Balaban J connectivity index is 0.00000179. The molecule has 0 spiro atoms. The first-order chi connectivity index (χ1) is 17.3. The van der Waals surface area contributed by atoms with Gasteiger partial charge in [0, 0.05) is 17.9 Å². The van der Waals surface area contributed by atoms with E-state index in [0.29, 0.717) is 5.92 Å². The maximum absolute atomic E-state index is 3.96. The minimum absolute atomic E-state index is 0.488. The van der Waals surface area contributed by atoms with Gasteiger partial charge in [-0.05, 0) is 60.9 Å². The van der Waals surface area contributed by atoms with E-state index in [1.165, 1.54) is 29.5 Å². The Morgan fingerprint density at radius 2 is 1.51 bits per heavy atom. The Labute approximate surface area is 217 Å². The van der Waals surface area contributed by atoms with Gasteiger partial charge in [0.25, 0.3) is 0 Å². The molecule has 0 heteroatoms. The second-order valence-corrected chi connectivity index (χ2v) is 7.81. The number of benzene rings is 2. The highest BCUT2D eigenvalue weighted by molar-refractivity contribution is 5.40. The Morgan fingerprint density at radius 1 is 0.857 bits per heavy atom. The zero-order chi connectivity index (χ0) is 26.3. The summed E-state index contributed by atoms with van der Waals surface area (Å²) in [4.78, 5) is 0. The van der Waals surface area contributed by atoms with E-state index in [2.05, 4.69) is 105 Å². The highest BCUT2D eigenvalue weighted by Gasteiger charge is 2.19. The van der Waals surface area contributed by atoms with E-state index >= 15 is 0 Å². The van der Waals surface area contributed by atoms with Gasteiger partial charge in [-0.25, -0.2) is 0 Å². The maximum Gasteiger partial charge on any atom is 0.0245 e. The van der Waals surface area contributed by atoms with Crippen molar-refractivity contribution < 1.29 is 0 Å². The first kappa shape index (κ1) is 32.0. The maximum atomic E-state index is 3.96. The standard InChI is InChI=1S/C29H32.2C2H6.C2H4/c1-3-12-25-17-19-26(20-18-25)13-8-5-6-9-16-28-22-21-24(4-2)23-29(28)27-14-10-7-11-15-27;3*1-2/h4,7,10-11,14-15,17-22,29H,2-3,5-6,9,12,16,23H2,1H3;2*1-2H3;1-2H2. The summed E-state index contributed by atoms with van der Waals surface area (Å²) < 4.78 is 0. The van der Waals surface area contributed by atoms with Crippen LogP contribution in [0.25, 0.3) is 0 Å². The van der Waals surface area contributed by atoms with Gasteiger partial charge in [-0.1, -0.05) is 126 Å². The minimum atomic E-state index is 0.488. The van der Waals surface area contributed by atoms with Gasteiger partial charge < -0.3 is 0 Å². The van der Waals surface area contributed by atoms with E-state index in [1.807, 2.05) is 33.8 Å². The molecule has 0 aromatic heterocycles. The monoisotopic (exact) mass is 468 g/mol. The van der Waals surface area contributed by atoms with Crippen LogP contribution in [0.15, 0.2) is 104 Å². The molecule has 188 valence electrons. The smallest absolute Gasteiger partial charge is 0.0245 e. The first-order valence-corrected chi connectivity index (χ1v) is 13.4. The second kappa shape index (κ2) is 21.5. The van der Waals surface area contributed by atoms with Gasteiger partial charge in [-0.15, -0.1) is 13.2 Å². The van der Waals surface area contributed by atoms with Gasteiger partial charge in [0.2, 0.25) is 0 Å². The molecule has 1 aliphatic rings. The predicted molar refractivity (Wildman–Crippen MR) is 160 cm³/mol. The van der Waals surface area contributed by atoms with Crippen molar-refractivity contribution in [2.45, 2.75) is 85.5 Å². The van der Waals surface area contributed by atoms with Gasteiger partial charge in [0.1, 0.15) is 0 Å². The molecule has 0 aliphatic heterocycles. The quantitative estimate of drug-likeness (QED) is 0.205. The van der Waals surface area contributed by atoms with Crippen LogP contribution in [0.1, 0.15) is 95.8 Å². The molecule has 0 nitrogen and oxygen atoms in total. The summed E-state index contributed by atoms with van der Waals surface area (Å²) in [5, 5.41) is 0. The molecule has 3 rings (SSSR count). The molecule has 0 radical (unpaired) electrons. The van der Waals surface area contributed by atoms with E-state index in [9.17, 15) is 0 Å². The molecular weight excluding hydrogens is 420 g/mol. The van der Waals surface area contributed by atoms with Crippen molar-refractivity contribution >= 4 is 0 Å². The normalized spacial score (nSPS) is 13.5. The highest BCUT2D eigenvalue weighted by atomic mass is 14.2. The molecule has 1 aliphatic carbocycles. The minimum Gasteiger partial charge on any atom is -0.106 e. The van der Waals surface area contributed by atoms with Crippen molar-refractivity contribution in [3.05, 3.63) is 120 Å². The zero-order valence-corrected chi connectivity index (χ0v) is 23.1. The van der Waals surface area contributed by atoms with Crippen LogP contribution in [0.4, 0.5) is 0 Å². The number of hydrogen-bond donors (Lipinski definition) is 0. The summed E-state index contributed by atoms with van der Waals surface area (Å²) in [5.41, 5.74) is 6.82. The number of aryl methyl sites for hydroxylation is 1. The molecule has 0 bridgehead atoms. The van der Waals surface area contributed by atoms with Gasteiger partial charge >= 0.3 is 0 Å². The largest absolute Gasteiger partial charge is 0.106 e. The van der Waals surface area contributed by atoms with Gasteiger partial charge in [-0.3, -0.25) is 0 Å². The number of unbranched alkanes of at least 4 members (excludes halogenated alkanes) is 2. The molecule has 0 saturated heterocycles. The molecule has 0 N–H and O–H groups in total. The Kier molecular flexibility index (Phi) is 19.6. The fraction of sp³-hybridized carbons (Fsp3) is 0.371. The lowest BCUT2D eigenvalue weighted by molar-refractivity contribution is 0.673. The van der Waals surface area contributed by atoms with E-state index in [4.69, 9.17) is 0 Å². The highest BCUT2D eigenvalue weighted by Crippen LogP contribution is 2.37. The van der Waals surface area contributed by atoms with Gasteiger partial charge in [0.15, 0.2) is 0 Å². The fourth-order valence-electron chi connectivity index (χ4n) is 3.94. The van der Waals surface area contributed by atoms with Crippen LogP contribution in [0.5, 0.6) is 0 Å². The SMILES string of the molecule is C=C.C=CC1=CC=C(CCCCC#Cc2ccc(CCC)cc2)C(c2ccccc2)C1.CC.CC. The van der Waals surface area contributed by atoms with Crippen molar-refractivity contribution in [3.8, 4) is 11.8 Å². The number of hydrogen-bond acceptors (Lipinski definition) is 0. The molecule has 0 fully saturated rings. The van der Waals surface area contributed by atoms with E-state index in [1.54, 1.807) is 5.57 Å². The van der Waals surface area contributed by atoms with Crippen molar-refractivity contribution in [2.24, 2.45) is 0 Å². The summed E-state index contributed by atoms with van der Waals surface area (Å²) in [6.45, 7) is 20.2. The summed E-state index contributed by atoms with van der Waals surface area (Å²) in [5.74, 6) is 7.16.